The zero-order chi connectivity index (χ0) is 12.2. The van der Waals surface area contributed by atoms with Gasteiger partial charge in [0.1, 0.15) is 0 Å². The maximum atomic E-state index is 4.37. The van der Waals surface area contributed by atoms with Gasteiger partial charge in [-0.15, -0.1) is 11.3 Å². The summed E-state index contributed by atoms with van der Waals surface area (Å²) in [6, 6.07) is 1.86. The first-order valence-electron chi connectivity index (χ1n) is 6.32. The standard InChI is InChI=1S/C13H16N4S/c1-4-15-13(16-5-1)17-7-2-11(3-8-17)10-12-14-6-9-18-12/h1,4-6,9,11H,2-3,7-8,10H2. The van der Waals surface area contributed by atoms with Crippen LogP contribution in [0.1, 0.15) is 17.8 Å². The van der Waals surface area contributed by atoms with Crippen LogP contribution in [-0.4, -0.2) is 28.0 Å². The molecule has 0 bridgehead atoms. The zero-order valence-corrected chi connectivity index (χ0v) is 11.0. The maximum Gasteiger partial charge on any atom is 0.225 e. The van der Waals surface area contributed by atoms with Gasteiger partial charge in [0.05, 0.1) is 5.01 Å². The predicted octanol–water partition coefficient (Wildman–Crippen LogP) is 2.39. The van der Waals surface area contributed by atoms with Gasteiger partial charge in [0.2, 0.25) is 5.95 Å². The lowest BCUT2D eigenvalue weighted by Gasteiger charge is -2.31. The molecule has 3 rings (SSSR count). The van der Waals surface area contributed by atoms with E-state index in [1.54, 1.807) is 11.3 Å². The Labute approximate surface area is 111 Å². The molecule has 0 atom stereocenters. The minimum Gasteiger partial charge on any atom is -0.341 e. The summed E-state index contributed by atoms with van der Waals surface area (Å²) in [5.41, 5.74) is 0. The van der Waals surface area contributed by atoms with Crippen molar-refractivity contribution in [2.45, 2.75) is 19.3 Å². The molecule has 0 unspecified atom stereocenters. The molecule has 0 spiro atoms. The van der Waals surface area contributed by atoms with Gasteiger partial charge in [0.15, 0.2) is 0 Å². The Balaban J connectivity index is 1.55. The summed E-state index contributed by atoms with van der Waals surface area (Å²) in [5.74, 6) is 1.63. The van der Waals surface area contributed by atoms with Gasteiger partial charge in [-0.1, -0.05) is 0 Å². The monoisotopic (exact) mass is 260 g/mol. The van der Waals surface area contributed by atoms with Crippen LogP contribution in [0.2, 0.25) is 0 Å². The fourth-order valence-corrected chi connectivity index (χ4v) is 3.12. The van der Waals surface area contributed by atoms with E-state index in [0.717, 1.165) is 31.4 Å². The molecule has 2 aromatic heterocycles. The Kier molecular flexibility index (Phi) is 3.50. The van der Waals surface area contributed by atoms with Crippen LogP contribution in [-0.2, 0) is 6.42 Å². The van der Waals surface area contributed by atoms with Gasteiger partial charge in [-0.05, 0) is 24.8 Å². The third kappa shape index (κ3) is 2.67. The fourth-order valence-electron chi connectivity index (χ4n) is 2.39. The van der Waals surface area contributed by atoms with Gasteiger partial charge < -0.3 is 4.90 Å². The van der Waals surface area contributed by atoms with E-state index >= 15 is 0 Å². The molecule has 94 valence electrons. The first kappa shape index (κ1) is 11.6. The van der Waals surface area contributed by atoms with Gasteiger partial charge in [-0.2, -0.15) is 0 Å². The van der Waals surface area contributed by atoms with E-state index in [4.69, 9.17) is 0 Å². The highest BCUT2D eigenvalue weighted by Crippen LogP contribution is 2.24. The first-order chi connectivity index (χ1) is 8.92. The Hall–Kier alpha value is -1.49. The van der Waals surface area contributed by atoms with Crippen molar-refractivity contribution in [2.24, 2.45) is 5.92 Å². The average Bonchev–Trinajstić information content (AvgIpc) is 2.94. The molecule has 0 aliphatic carbocycles. The third-order valence-electron chi connectivity index (χ3n) is 3.40. The van der Waals surface area contributed by atoms with Gasteiger partial charge in [0.25, 0.3) is 0 Å². The molecule has 1 aliphatic rings. The second kappa shape index (κ2) is 5.44. The number of aromatic nitrogens is 3. The SMILES string of the molecule is c1cnc(N2CCC(Cc3nccs3)CC2)nc1. The molecule has 2 aromatic rings. The van der Waals surface area contributed by atoms with E-state index in [2.05, 4.69) is 25.2 Å². The fraction of sp³-hybridized carbons (Fsp3) is 0.462. The summed E-state index contributed by atoms with van der Waals surface area (Å²) in [5, 5.41) is 3.33. The van der Waals surface area contributed by atoms with Crippen LogP contribution in [0, 0.1) is 5.92 Å². The number of nitrogens with zero attached hydrogens (tertiary/aromatic N) is 4. The van der Waals surface area contributed by atoms with Crippen LogP contribution in [0.15, 0.2) is 30.0 Å². The third-order valence-corrected chi connectivity index (χ3v) is 4.20. The Morgan fingerprint density at radius 1 is 1.11 bits per heavy atom. The highest BCUT2D eigenvalue weighted by molar-refractivity contribution is 7.09. The first-order valence-corrected chi connectivity index (χ1v) is 7.20. The van der Waals surface area contributed by atoms with Crippen molar-refractivity contribution in [1.29, 1.82) is 0 Å². The van der Waals surface area contributed by atoms with Crippen LogP contribution in [0.4, 0.5) is 5.95 Å². The number of piperidine rings is 1. The zero-order valence-electron chi connectivity index (χ0n) is 10.2. The molecule has 1 fully saturated rings. The smallest absolute Gasteiger partial charge is 0.225 e. The molecule has 18 heavy (non-hydrogen) atoms. The normalized spacial score (nSPS) is 17.0. The van der Waals surface area contributed by atoms with Crippen LogP contribution < -0.4 is 4.90 Å². The molecular formula is C13H16N4S. The topological polar surface area (TPSA) is 41.9 Å². The highest BCUT2D eigenvalue weighted by atomic mass is 32.1. The molecule has 0 saturated carbocycles. The van der Waals surface area contributed by atoms with Crippen LogP contribution in [0.25, 0.3) is 0 Å². The lowest BCUT2D eigenvalue weighted by molar-refractivity contribution is 0.400. The summed E-state index contributed by atoms with van der Waals surface area (Å²) in [6.07, 6.45) is 9.05. The summed E-state index contributed by atoms with van der Waals surface area (Å²) < 4.78 is 0. The summed E-state index contributed by atoms with van der Waals surface area (Å²) in [7, 11) is 0. The number of rotatable bonds is 3. The molecule has 3 heterocycles. The quantitative estimate of drug-likeness (QED) is 0.850. The van der Waals surface area contributed by atoms with Crippen molar-refractivity contribution >= 4 is 17.3 Å². The van der Waals surface area contributed by atoms with Crippen molar-refractivity contribution in [2.75, 3.05) is 18.0 Å². The molecule has 0 amide bonds. The van der Waals surface area contributed by atoms with Gasteiger partial charge in [-0.25, -0.2) is 15.0 Å². The van der Waals surface area contributed by atoms with Crippen molar-refractivity contribution < 1.29 is 0 Å². The van der Waals surface area contributed by atoms with E-state index < -0.39 is 0 Å². The Morgan fingerprint density at radius 3 is 2.56 bits per heavy atom. The Morgan fingerprint density at radius 2 is 1.89 bits per heavy atom. The van der Waals surface area contributed by atoms with Gasteiger partial charge in [-0.3, -0.25) is 0 Å². The highest BCUT2D eigenvalue weighted by Gasteiger charge is 2.21. The largest absolute Gasteiger partial charge is 0.341 e. The molecule has 0 N–H and O–H groups in total. The van der Waals surface area contributed by atoms with Gasteiger partial charge in [0, 0.05) is 43.5 Å². The number of hydrogen-bond acceptors (Lipinski definition) is 5. The lowest BCUT2D eigenvalue weighted by atomic mass is 9.94. The molecule has 0 aromatic carbocycles. The van der Waals surface area contributed by atoms with Crippen molar-refractivity contribution in [3.8, 4) is 0 Å². The summed E-state index contributed by atoms with van der Waals surface area (Å²) >= 11 is 1.76. The number of hydrogen-bond donors (Lipinski definition) is 0. The minimum atomic E-state index is 0.760. The Bertz CT molecular complexity index is 463. The van der Waals surface area contributed by atoms with Crippen molar-refractivity contribution in [1.82, 2.24) is 15.0 Å². The number of anilines is 1. The molecule has 5 heteroatoms. The second-order valence-corrected chi connectivity index (χ2v) is 5.59. The molecule has 1 saturated heterocycles. The second-order valence-electron chi connectivity index (χ2n) is 4.61. The van der Waals surface area contributed by atoms with Crippen molar-refractivity contribution in [3.63, 3.8) is 0 Å². The van der Waals surface area contributed by atoms with E-state index in [1.165, 1.54) is 17.8 Å². The maximum absolute atomic E-state index is 4.37. The van der Waals surface area contributed by atoms with Crippen molar-refractivity contribution in [3.05, 3.63) is 35.0 Å². The lowest BCUT2D eigenvalue weighted by Crippen LogP contribution is -2.35. The summed E-state index contributed by atoms with van der Waals surface area (Å²) in [4.78, 5) is 15.3. The molecule has 1 aliphatic heterocycles. The summed E-state index contributed by atoms with van der Waals surface area (Å²) in [6.45, 7) is 2.11. The molecule has 4 nitrogen and oxygen atoms in total. The van der Waals surface area contributed by atoms with E-state index in [9.17, 15) is 0 Å². The predicted molar refractivity (Wildman–Crippen MR) is 72.8 cm³/mol. The van der Waals surface area contributed by atoms with E-state index in [1.807, 2.05) is 24.7 Å². The van der Waals surface area contributed by atoms with Gasteiger partial charge >= 0.3 is 0 Å². The van der Waals surface area contributed by atoms with E-state index in [0.29, 0.717) is 0 Å². The van der Waals surface area contributed by atoms with Crippen LogP contribution in [0.3, 0.4) is 0 Å². The van der Waals surface area contributed by atoms with Crippen LogP contribution in [0.5, 0.6) is 0 Å². The van der Waals surface area contributed by atoms with Crippen LogP contribution >= 0.6 is 11.3 Å². The average molecular weight is 260 g/mol. The minimum absolute atomic E-state index is 0.760. The molecule has 0 radical (unpaired) electrons. The number of thiazole rings is 1. The van der Waals surface area contributed by atoms with E-state index in [-0.39, 0.29) is 0 Å². The molecular weight excluding hydrogens is 244 g/mol.